The highest BCUT2D eigenvalue weighted by molar-refractivity contribution is 5.18. The molecule has 0 heteroatoms. The van der Waals surface area contributed by atoms with Gasteiger partial charge < -0.3 is 0 Å². The van der Waals surface area contributed by atoms with Crippen molar-refractivity contribution in [3.8, 4) is 0 Å². The molecule has 100 valence electrons. The molecule has 4 rings (SSSR count). The van der Waals surface area contributed by atoms with Crippen molar-refractivity contribution < 1.29 is 0 Å². The maximum absolute atomic E-state index is 2.63. The lowest BCUT2D eigenvalue weighted by molar-refractivity contribution is 0.0321. The third-order valence-corrected chi connectivity index (χ3v) is 6.99. The number of allylic oxidation sites excluding steroid dienone is 2. The zero-order valence-electron chi connectivity index (χ0n) is 11.9. The maximum atomic E-state index is 2.63. The molecule has 0 N–H and O–H groups in total. The van der Waals surface area contributed by atoms with Crippen molar-refractivity contribution in [2.24, 2.45) is 35.5 Å². The van der Waals surface area contributed by atoms with Crippen molar-refractivity contribution in [2.75, 3.05) is 0 Å². The largest absolute Gasteiger partial charge is 0.0850 e. The summed E-state index contributed by atoms with van der Waals surface area (Å²) < 4.78 is 0. The molecule has 0 saturated heterocycles. The van der Waals surface area contributed by atoms with Gasteiger partial charge in [-0.25, -0.2) is 0 Å². The molecule has 4 aliphatic carbocycles. The Balaban J connectivity index is 1.63. The SMILES string of the molecule is CC1CCC=C2CCC3C4CCCC4CCC3C21. The minimum atomic E-state index is 0.982. The van der Waals surface area contributed by atoms with Crippen LogP contribution in [0.15, 0.2) is 11.6 Å². The van der Waals surface area contributed by atoms with Gasteiger partial charge in [0.15, 0.2) is 0 Å². The molecule has 3 fully saturated rings. The summed E-state index contributed by atoms with van der Waals surface area (Å²) in [6.45, 7) is 2.54. The molecule has 0 spiro atoms. The molecule has 6 unspecified atom stereocenters. The molecule has 0 amide bonds. The van der Waals surface area contributed by atoms with Gasteiger partial charge in [0.1, 0.15) is 0 Å². The lowest BCUT2D eigenvalue weighted by Crippen LogP contribution is -2.42. The normalized spacial score (nSPS) is 51.1. The standard InChI is InChI=1S/C18H28/c1-12-4-2-6-14-9-10-16-15-7-3-5-13(15)8-11-17(16)18(12)14/h6,12-13,15-18H,2-5,7-11H2,1H3. The first-order chi connectivity index (χ1) is 8.84. The second-order valence-electron chi connectivity index (χ2n) is 7.66. The first kappa shape index (κ1) is 11.6. The second-order valence-corrected chi connectivity index (χ2v) is 7.66. The van der Waals surface area contributed by atoms with Gasteiger partial charge in [0.25, 0.3) is 0 Å². The van der Waals surface area contributed by atoms with Crippen molar-refractivity contribution in [1.29, 1.82) is 0 Å². The van der Waals surface area contributed by atoms with E-state index in [1.807, 2.05) is 5.57 Å². The van der Waals surface area contributed by atoms with E-state index in [0.717, 1.165) is 35.5 Å². The Morgan fingerprint density at radius 1 is 0.889 bits per heavy atom. The number of hydrogen-bond acceptors (Lipinski definition) is 0. The Morgan fingerprint density at radius 2 is 1.83 bits per heavy atom. The summed E-state index contributed by atoms with van der Waals surface area (Å²) >= 11 is 0. The molecule has 6 atom stereocenters. The minimum absolute atomic E-state index is 0.982. The van der Waals surface area contributed by atoms with Gasteiger partial charge in [0.05, 0.1) is 0 Å². The number of rotatable bonds is 0. The van der Waals surface area contributed by atoms with Crippen LogP contribution < -0.4 is 0 Å². The van der Waals surface area contributed by atoms with E-state index in [-0.39, 0.29) is 0 Å². The van der Waals surface area contributed by atoms with Gasteiger partial charge >= 0.3 is 0 Å². The third-order valence-electron chi connectivity index (χ3n) is 6.99. The second kappa shape index (κ2) is 4.39. The van der Waals surface area contributed by atoms with E-state index in [0.29, 0.717) is 0 Å². The summed E-state index contributed by atoms with van der Waals surface area (Å²) in [7, 11) is 0. The first-order valence-electron chi connectivity index (χ1n) is 8.53. The van der Waals surface area contributed by atoms with Crippen LogP contribution in [0.25, 0.3) is 0 Å². The summed E-state index contributed by atoms with van der Waals surface area (Å²) in [6.07, 6.45) is 16.3. The lowest BCUT2D eigenvalue weighted by atomic mass is 9.54. The fourth-order valence-electron chi connectivity index (χ4n) is 6.31. The molecule has 4 aliphatic rings. The lowest BCUT2D eigenvalue weighted by Gasteiger charge is -2.51. The Morgan fingerprint density at radius 3 is 2.78 bits per heavy atom. The van der Waals surface area contributed by atoms with Crippen LogP contribution in [0, 0.1) is 35.5 Å². The van der Waals surface area contributed by atoms with Crippen molar-refractivity contribution in [2.45, 2.75) is 64.7 Å². The molecular weight excluding hydrogens is 216 g/mol. The van der Waals surface area contributed by atoms with Gasteiger partial charge in [-0.3, -0.25) is 0 Å². The van der Waals surface area contributed by atoms with E-state index in [9.17, 15) is 0 Å². The summed E-state index contributed by atoms with van der Waals surface area (Å²) in [5.74, 6) is 6.46. The highest BCUT2D eigenvalue weighted by Crippen LogP contribution is 2.57. The van der Waals surface area contributed by atoms with Gasteiger partial charge in [0.2, 0.25) is 0 Å². The van der Waals surface area contributed by atoms with Crippen LogP contribution in [-0.2, 0) is 0 Å². The molecule has 0 nitrogen and oxygen atoms in total. The van der Waals surface area contributed by atoms with E-state index in [1.165, 1.54) is 19.3 Å². The molecule has 0 aromatic rings. The fraction of sp³-hybridized carbons (Fsp3) is 0.889. The number of hydrogen-bond donors (Lipinski definition) is 0. The quantitative estimate of drug-likeness (QED) is 0.514. The molecule has 0 radical (unpaired) electrons. The average molecular weight is 244 g/mol. The Bertz CT molecular complexity index is 353. The molecular formula is C18H28. The Kier molecular flexibility index (Phi) is 2.82. The maximum Gasteiger partial charge on any atom is -0.0146 e. The minimum Gasteiger partial charge on any atom is -0.0850 e. The average Bonchev–Trinajstić information content (AvgIpc) is 2.86. The van der Waals surface area contributed by atoms with Gasteiger partial charge in [-0.15, -0.1) is 0 Å². The van der Waals surface area contributed by atoms with Crippen molar-refractivity contribution in [3.63, 3.8) is 0 Å². The van der Waals surface area contributed by atoms with Crippen LogP contribution in [0.4, 0.5) is 0 Å². The fourth-order valence-corrected chi connectivity index (χ4v) is 6.31. The predicted molar refractivity (Wildman–Crippen MR) is 76.3 cm³/mol. The molecule has 0 aliphatic heterocycles. The van der Waals surface area contributed by atoms with E-state index in [4.69, 9.17) is 0 Å². The van der Waals surface area contributed by atoms with Crippen LogP contribution >= 0.6 is 0 Å². The Labute approximate surface area is 112 Å². The van der Waals surface area contributed by atoms with E-state index in [2.05, 4.69) is 13.0 Å². The van der Waals surface area contributed by atoms with Crippen LogP contribution in [-0.4, -0.2) is 0 Å². The van der Waals surface area contributed by atoms with E-state index in [1.54, 1.807) is 38.5 Å². The number of fused-ring (bicyclic) bond motifs is 5. The van der Waals surface area contributed by atoms with Gasteiger partial charge in [-0.1, -0.05) is 31.4 Å². The zero-order chi connectivity index (χ0) is 12.1. The molecule has 0 aromatic carbocycles. The monoisotopic (exact) mass is 244 g/mol. The third kappa shape index (κ3) is 1.63. The van der Waals surface area contributed by atoms with E-state index < -0.39 is 0 Å². The summed E-state index contributed by atoms with van der Waals surface area (Å²) in [6, 6.07) is 0. The van der Waals surface area contributed by atoms with Crippen molar-refractivity contribution in [3.05, 3.63) is 11.6 Å². The highest BCUT2D eigenvalue weighted by Gasteiger charge is 2.48. The molecule has 0 bridgehead atoms. The molecule has 0 heterocycles. The molecule has 18 heavy (non-hydrogen) atoms. The predicted octanol–water partition coefficient (Wildman–Crippen LogP) is 5.20. The van der Waals surface area contributed by atoms with Crippen LogP contribution in [0.3, 0.4) is 0 Å². The zero-order valence-corrected chi connectivity index (χ0v) is 11.9. The van der Waals surface area contributed by atoms with E-state index >= 15 is 0 Å². The smallest absolute Gasteiger partial charge is 0.0146 e. The van der Waals surface area contributed by atoms with Crippen LogP contribution in [0.1, 0.15) is 64.7 Å². The van der Waals surface area contributed by atoms with Crippen molar-refractivity contribution in [1.82, 2.24) is 0 Å². The van der Waals surface area contributed by atoms with Gasteiger partial charge in [-0.05, 0) is 80.5 Å². The van der Waals surface area contributed by atoms with Crippen LogP contribution in [0.2, 0.25) is 0 Å². The molecule has 0 aromatic heterocycles. The topological polar surface area (TPSA) is 0 Å². The van der Waals surface area contributed by atoms with Gasteiger partial charge in [-0.2, -0.15) is 0 Å². The van der Waals surface area contributed by atoms with Gasteiger partial charge in [0, 0.05) is 0 Å². The summed E-state index contributed by atoms with van der Waals surface area (Å²) in [5.41, 5.74) is 1.88. The summed E-state index contributed by atoms with van der Waals surface area (Å²) in [5, 5.41) is 0. The highest BCUT2D eigenvalue weighted by atomic mass is 14.5. The van der Waals surface area contributed by atoms with Crippen molar-refractivity contribution >= 4 is 0 Å². The Hall–Kier alpha value is -0.260. The first-order valence-corrected chi connectivity index (χ1v) is 8.53. The van der Waals surface area contributed by atoms with Crippen LogP contribution in [0.5, 0.6) is 0 Å². The summed E-state index contributed by atoms with van der Waals surface area (Å²) in [4.78, 5) is 0. The molecule has 3 saturated carbocycles.